The fraction of sp³-hybridized carbons (Fsp3) is 0.226. The Kier molecular flexibility index (Phi) is 18.6. The summed E-state index contributed by atoms with van der Waals surface area (Å²) in [4.78, 5) is 31.0. The lowest BCUT2D eigenvalue weighted by Crippen LogP contribution is -2.00. The lowest BCUT2D eigenvalue weighted by molar-refractivity contribution is 0.112. The molecule has 6 nitrogen and oxygen atoms in total. The van der Waals surface area contributed by atoms with Gasteiger partial charge in [-0.25, -0.2) is 0 Å². The lowest BCUT2D eigenvalue weighted by Gasteiger charge is -2.14. The van der Waals surface area contributed by atoms with Crippen LogP contribution in [0.1, 0.15) is 104 Å². The molecule has 68 heavy (non-hydrogen) atoms. The molecular weight excluding hydrogens is 837 g/mol. The summed E-state index contributed by atoms with van der Waals surface area (Å²) in [5.41, 5.74) is 14.6. The van der Waals surface area contributed by atoms with E-state index < -0.39 is 0 Å². The maximum atomic E-state index is 11.2. The normalized spacial score (nSPS) is 10.8. The molecule has 0 aliphatic rings. The van der Waals surface area contributed by atoms with E-state index in [0.717, 1.165) is 118 Å². The number of aromatic hydroxyl groups is 2. The molecule has 0 saturated carbocycles. The fourth-order valence-electron chi connectivity index (χ4n) is 8.74. The van der Waals surface area contributed by atoms with Crippen LogP contribution in [0.4, 0.5) is 0 Å². The zero-order valence-electron chi connectivity index (χ0n) is 39.0. The fourth-order valence-corrected chi connectivity index (χ4v) is 8.74. The highest BCUT2D eigenvalue weighted by Gasteiger charge is 2.12. The minimum atomic E-state index is -0.234. The minimum absolute atomic E-state index is 0.172. The molecule has 0 aliphatic heterocycles. The van der Waals surface area contributed by atoms with Crippen molar-refractivity contribution in [3.8, 4) is 33.8 Å². The van der Waals surface area contributed by atoms with E-state index in [0.29, 0.717) is 18.3 Å². The molecule has 2 heterocycles. The molecule has 2 N–H and O–H groups in total. The van der Waals surface area contributed by atoms with Crippen LogP contribution < -0.4 is 0 Å². The van der Waals surface area contributed by atoms with E-state index in [1.807, 2.05) is 54.9 Å². The van der Waals surface area contributed by atoms with E-state index in [-0.39, 0.29) is 16.9 Å². The first-order valence-electron chi connectivity index (χ1n) is 24.1. The third-order valence-corrected chi connectivity index (χ3v) is 12.5. The predicted molar refractivity (Wildman–Crippen MR) is 277 cm³/mol. The van der Waals surface area contributed by atoms with Gasteiger partial charge in [0.05, 0.1) is 11.1 Å². The zero-order chi connectivity index (χ0) is 47.2. The third kappa shape index (κ3) is 14.8. The highest BCUT2D eigenvalue weighted by molar-refractivity contribution is 5.88. The van der Waals surface area contributed by atoms with Crippen molar-refractivity contribution in [2.75, 3.05) is 0 Å². The van der Waals surface area contributed by atoms with Gasteiger partial charge in [-0.15, -0.1) is 0 Å². The monoisotopic (exact) mass is 898 g/mol. The Balaban J connectivity index is 0.000000220. The number of carbonyl (C=O) groups is 2. The molecule has 0 saturated heterocycles. The maximum absolute atomic E-state index is 11.2. The average Bonchev–Trinajstić information content (AvgIpc) is 3.39. The van der Waals surface area contributed by atoms with Gasteiger partial charge in [-0.1, -0.05) is 133 Å². The van der Waals surface area contributed by atoms with E-state index >= 15 is 0 Å². The number of hydrogen-bond acceptors (Lipinski definition) is 6. The van der Waals surface area contributed by atoms with Gasteiger partial charge < -0.3 is 10.2 Å². The first-order chi connectivity index (χ1) is 33.4. The number of carbonyl (C=O) groups excluding carboxylic acids is 2. The maximum Gasteiger partial charge on any atom is 0.153 e. The number of aryl methyl sites for hydroxylation is 8. The van der Waals surface area contributed by atoms with Gasteiger partial charge in [-0.2, -0.15) is 0 Å². The van der Waals surface area contributed by atoms with Crippen LogP contribution in [-0.4, -0.2) is 32.8 Å². The molecule has 8 rings (SSSR count). The minimum Gasteiger partial charge on any atom is -0.507 e. The summed E-state index contributed by atoms with van der Waals surface area (Å²) in [6.45, 7) is 0. The summed E-state index contributed by atoms with van der Waals surface area (Å²) in [5, 5.41) is 21.0. The number of rotatable bonds is 22. The van der Waals surface area contributed by atoms with Gasteiger partial charge in [0.25, 0.3) is 0 Å². The van der Waals surface area contributed by atoms with Crippen LogP contribution in [0.2, 0.25) is 0 Å². The van der Waals surface area contributed by atoms with Crippen LogP contribution >= 0.6 is 0 Å². The van der Waals surface area contributed by atoms with Crippen molar-refractivity contribution >= 4 is 12.6 Å². The summed E-state index contributed by atoms with van der Waals surface area (Å²) < 4.78 is 0. The molecule has 2 aromatic heterocycles. The SMILES string of the molecule is O=Cc1cc(CCCCc2ccc(-c3ccccc3)cc2)cc(C=O)c1O.Oc1c(CCCc2ccccn2)cc(CCCCc2ccc(-c3ccccc3)cc2)cc1CCCc1ccccn1. The van der Waals surface area contributed by atoms with E-state index in [1.54, 1.807) is 12.1 Å². The number of phenolic OH excluding ortho intramolecular Hbond substituents is 2. The van der Waals surface area contributed by atoms with Crippen molar-refractivity contribution in [3.63, 3.8) is 0 Å². The second-order valence-electron chi connectivity index (χ2n) is 17.5. The number of aldehydes is 2. The highest BCUT2D eigenvalue weighted by atomic mass is 16.3. The number of unbranched alkanes of at least 4 members (excludes halogenated alkanes) is 2. The Bertz CT molecular complexity index is 2660. The number of hydrogen-bond donors (Lipinski definition) is 2. The molecule has 0 spiro atoms. The first-order valence-corrected chi connectivity index (χ1v) is 24.1. The van der Waals surface area contributed by atoms with Crippen molar-refractivity contribution in [2.24, 2.45) is 0 Å². The Morgan fingerprint density at radius 1 is 0.338 bits per heavy atom. The van der Waals surface area contributed by atoms with Crippen LogP contribution in [0.5, 0.6) is 11.5 Å². The number of benzene rings is 6. The predicted octanol–water partition coefficient (Wildman–Crippen LogP) is 14.0. The zero-order valence-corrected chi connectivity index (χ0v) is 39.0. The number of pyridine rings is 2. The molecule has 0 atom stereocenters. The molecule has 6 aromatic carbocycles. The molecular formula is C62H62N2O4. The molecule has 0 radical (unpaired) electrons. The molecule has 0 aliphatic carbocycles. The van der Waals surface area contributed by atoms with Crippen molar-refractivity contribution in [1.29, 1.82) is 0 Å². The summed E-state index contributed by atoms with van der Waals surface area (Å²) in [6.07, 6.45) is 18.5. The second kappa shape index (κ2) is 26.0. The van der Waals surface area contributed by atoms with Gasteiger partial charge in [-0.05, 0) is 182 Å². The highest BCUT2D eigenvalue weighted by Crippen LogP contribution is 2.30. The summed E-state index contributed by atoms with van der Waals surface area (Å²) in [5.74, 6) is 0.247. The Morgan fingerprint density at radius 2 is 0.706 bits per heavy atom. The van der Waals surface area contributed by atoms with Gasteiger partial charge in [0.1, 0.15) is 11.5 Å². The van der Waals surface area contributed by atoms with Crippen molar-refractivity contribution in [2.45, 2.75) is 89.9 Å². The lowest BCUT2D eigenvalue weighted by atomic mass is 9.94. The van der Waals surface area contributed by atoms with Crippen molar-refractivity contribution in [1.82, 2.24) is 9.97 Å². The molecule has 6 heteroatoms. The summed E-state index contributed by atoms with van der Waals surface area (Å²) >= 11 is 0. The van der Waals surface area contributed by atoms with E-state index in [4.69, 9.17) is 0 Å². The van der Waals surface area contributed by atoms with Crippen molar-refractivity contribution < 1.29 is 19.8 Å². The van der Waals surface area contributed by atoms with E-state index in [9.17, 15) is 19.8 Å². The Morgan fingerprint density at radius 3 is 1.09 bits per heavy atom. The van der Waals surface area contributed by atoms with E-state index in [1.165, 1.54) is 38.9 Å². The molecule has 344 valence electrons. The standard InChI is InChI=1S/C38H40N2O.C24H22O3/c41-38-34(16-10-20-36-18-6-8-26-39-36)28-31(29-35(38)17-11-21-37-19-7-9-27-40-37)13-5-4-12-30-22-24-33(25-23-30)32-14-2-1-3-15-32;25-16-22-14-19(15-23(17-26)24(22)27)7-5-4-6-18-10-12-21(13-11-18)20-8-2-1-3-9-20/h1-3,6-9,14-15,18-19,22-29,41H,4-5,10-13,16-17,20-21H2;1-3,8-17,27H,4-7H2. The first kappa shape index (κ1) is 48.5. The van der Waals surface area contributed by atoms with E-state index in [2.05, 4.69) is 125 Å². The molecule has 0 unspecified atom stereocenters. The smallest absolute Gasteiger partial charge is 0.153 e. The van der Waals surface area contributed by atoms with Gasteiger partial charge >= 0.3 is 0 Å². The molecule has 0 fully saturated rings. The van der Waals surface area contributed by atoms with Crippen molar-refractivity contribution in [3.05, 3.63) is 238 Å². The van der Waals surface area contributed by atoms with Crippen LogP contribution in [0.3, 0.4) is 0 Å². The largest absolute Gasteiger partial charge is 0.507 e. The van der Waals surface area contributed by atoms with Crippen LogP contribution in [0.25, 0.3) is 22.3 Å². The van der Waals surface area contributed by atoms with Gasteiger partial charge in [0.2, 0.25) is 0 Å². The number of aromatic nitrogens is 2. The van der Waals surface area contributed by atoms with Crippen LogP contribution in [0.15, 0.2) is 182 Å². The van der Waals surface area contributed by atoms with Gasteiger partial charge in [0, 0.05) is 23.8 Å². The third-order valence-electron chi connectivity index (χ3n) is 12.5. The molecule has 0 bridgehead atoms. The quantitative estimate of drug-likeness (QED) is 0.0519. The average molecular weight is 899 g/mol. The molecule has 0 amide bonds. The summed E-state index contributed by atoms with van der Waals surface area (Å²) in [6, 6.07) is 58.4. The number of phenols is 2. The van der Waals surface area contributed by atoms with Crippen LogP contribution in [-0.2, 0) is 51.4 Å². The number of nitrogens with zero attached hydrogens (tertiary/aromatic N) is 2. The van der Waals surface area contributed by atoms with Gasteiger partial charge in [-0.3, -0.25) is 19.6 Å². The molecule has 8 aromatic rings. The van der Waals surface area contributed by atoms with Gasteiger partial charge in [0.15, 0.2) is 12.6 Å². The topological polar surface area (TPSA) is 100 Å². The van der Waals surface area contributed by atoms with Crippen LogP contribution in [0, 0.1) is 0 Å². The Hall–Kier alpha value is -7.44. The Labute approximate surface area is 402 Å². The second-order valence-corrected chi connectivity index (χ2v) is 17.5. The summed E-state index contributed by atoms with van der Waals surface area (Å²) in [7, 11) is 0.